The molecule has 3 unspecified atom stereocenters. The van der Waals surface area contributed by atoms with E-state index in [0.717, 1.165) is 23.4 Å². The molecule has 18 heavy (non-hydrogen) atoms. The molecule has 0 radical (unpaired) electrons. The average Bonchev–Trinajstić information content (AvgIpc) is 2.91. The SMILES string of the molecule is CCCn1ncc(Br)c1C(NN)C1CCC(C)C1. The largest absolute Gasteiger partial charge is 0.271 e. The lowest BCUT2D eigenvalue weighted by atomic mass is 9.94. The molecule has 0 bridgehead atoms. The molecular formula is C13H23BrN4. The number of halogens is 1. The minimum atomic E-state index is 0.207. The minimum Gasteiger partial charge on any atom is -0.271 e. The maximum absolute atomic E-state index is 5.81. The predicted molar refractivity (Wildman–Crippen MR) is 76.8 cm³/mol. The summed E-state index contributed by atoms with van der Waals surface area (Å²) in [4.78, 5) is 0. The quantitative estimate of drug-likeness (QED) is 0.649. The van der Waals surface area contributed by atoms with E-state index in [0.29, 0.717) is 5.92 Å². The summed E-state index contributed by atoms with van der Waals surface area (Å²) in [5.74, 6) is 7.24. The van der Waals surface area contributed by atoms with Gasteiger partial charge in [0, 0.05) is 6.54 Å². The van der Waals surface area contributed by atoms with Gasteiger partial charge in [-0.25, -0.2) is 0 Å². The van der Waals surface area contributed by atoms with Gasteiger partial charge in [0.25, 0.3) is 0 Å². The number of nitrogens with zero attached hydrogens (tertiary/aromatic N) is 2. The van der Waals surface area contributed by atoms with Crippen LogP contribution in [0.3, 0.4) is 0 Å². The van der Waals surface area contributed by atoms with Crippen LogP contribution in [-0.2, 0) is 6.54 Å². The highest BCUT2D eigenvalue weighted by molar-refractivity contribution is 9.10. The smallest absolute Gasteiger partial charge is 0.0712 e. The van der Waals surface area contributed by atoms with Crippen molar-refractivity contribution in [2.45, 2.75) is 52.1 Å². The molecule has 0 saturated heterocycles. The molecule has 1 saturated carbocycles. The van der Waals surface area contributed by atoms with Crippen LogP contribution in [0.2, 0.25) is 0 Å². The first-order valence-electron chi connectivity index (χ1n) is 6.84. The highest BCUT2D eigenvalue weighted by atomic mass is 79.9. The summed E-state index contributed by atoms with van der Waals surface area (Å²) in [6, 6.07) is 0.207. The molecule has 4 nitrogen and oxygen atoms in total. The van der Waals surface area contributed by atoms with Crippen LogP contribution in [0.5, 0.6) is 0 Å². The van der Waals surface area contributed by atoms with Crippen LogP contribution in [0.15, 0.2) is 10.7 Å². The van der Waals surface area contributed by atoms with Gasteiger partial charge < -0.3 is 0 Å². The Labute approximate surface area is 117 Å². The molecule has 0 amide bonds. The van der Waals surface area contributed by atoms with E-state index in [9.17, 15) is 0 Å². The first-order valence-corrected chi connectivity index (χ1v) is 7.64. The van der Waals surface area contributed by atoms with Crippen LogP contribution >= 0.6 is 15.9 Å². The topological polar surface area (TPSA) is 55.9 Å². The van der Waals surface area contributed by atoms with Gasteiger partial charge in [-0.2, -0.15) is 5.10 Å². The number of hydrogen-bond acceptors (Lipinski definition) is 3. The number of nitrogens with one attached hydrogen (secondary N) is 1. The molecule has 5 heteroatoms. The van der Waals surface area contributed by atoms with Crippen molar-refractivity contribution >= 4 is 15.9 Å². The molecule has 1 heterocycles. The third-order valence-electron chi connectivity index (χ3n) is 3.95. The number of aryl methyl sites for hydroxylation is 1. The van der Waals surface area contributed by atoms with E-state index in [2.05, 4.69) is 45.0 Å². The second-order valence-electron chi connectivity index (χ2n) is 5.42. The maximum Gasteiger partial charge on any atom is 0.0712 e. The lowest BCUT2D eigenvalue weighted by molar-refractivity contribution is 0.340. The Hall–Kier alpha value is -0.390. The monoisotopic (exact) mass is 314 g/mol. The molecule has 1 aliphatic carbocycles. The fourth-order valence-electron chi connectivity index (χ4n) is 3.06. The number of hydrazine groups is 1. The van der Waals surface area contributed by atoms with Crippen molar-refractivity contribution in [1.82, 2.24) is 15.2 Å². The Bertz CT molecular complexity index is 390. The van der Waals surface area contributed by atoms with Gasteiger partial charge in [0.05, 0.1) is 22.4 Å². The van der Waals surface area contributed by atoms with Crippen LogP contribution in [0.1, 0.15) is 51.3 Å². The summed E-state index contributed by atoms with van der Waals surface area (Å²) in [7, 11) is 0. The Morgan fingerprint density at radius 3 is 2.94 bits per heavy atom. The lowest BCUT2D eigenvalue weighted by Gasteiger charge is -2.24. The van der Waals surface area contributed by atoms with Crippen molar-refractivity contribution < 1.29 is 0 Å². The summed E-state index contributed by atoms with van der Waals surface area (Å²) < 4.78 is 3.15. The van der Waals surface area contributed by atoms with Crippen molar-refractivity contribution in [2.24, 2.45) is 17.7 Å². The first kappa shape index (κ1) is 14.0. The molecule has 1 aromatic heterocycles. The fourth-order valence-corrected chi connectivity index (χ4v) is 3.61. The highest BCUT2D eigenvalue weighted by Crippen LogP contribution is 2.40. The Balaban J connectivity index is 2.23. The molecule has 0 spiro atoms. The second kappa shape index (κ2) is 6.17. The van der Waals surface area contributed by atoms with Gasteiger partial charge in [-0.3, -0.25) is 16.0 Å². The van der Waals surface area contributed by atoms with E-state index in [4.69, 9.17) is 5.84 Å². The Morgan fingerprint density at radius 2 is 2.39 bits per heavy atom. The normalized spacial score (nSPS) is 25.6. The summed E-state index contributed by atoms with van der Waals surface area (Å²) in [6.45, 7) is 5.44. The van der Waals surface area contributed by atoms with Gasteiger partial charge in [0.2, 0.25) is 0 Å². The molecule has 102 valence electrons. The molecule has 2 rings (SSSR count). The lowest BCUT2D eigenvalue weighted by Crippen LogP contribution is -2.34. The molecule has 0 aliphatic heterocycles. The highest BCUT2D eigenvalue weighted by Gasteiger charge is 2.32. The minimum absolute atomic E-state index is 0.207. The standard InChI is InChI=1S/C13H23BrN4/c1-3-6-18-13(11(14)8-16-18)12(17-15)10-5-4-9(2)7-10/h8-10,12,17H,3-7,15H2,1-2H3. The van der Waals surface area contributed by atoms with Crippen LogP contribution in [0.4, 0.5) is 0 Å². The van der Waals surface area contributed by atoms with Gasteiger partial charge in [-0.15, -0.1) is 0 Å². The number of hydrogen-bond donors (Lipinski definition) is 2. The van der Waals surface area contributed by atoms with Gasteiger partial charge in [-0.1, -0.05) is 20.3 Å². The van der Waals surface area contributed by atoms with Crippen LogP contribution < -0.4 is 11.3 Å². The molecule has 3 atom stereocenters. The Morgan fingerprint density at radius 1 is 1.61 bits per heavy atom. The van der Waals surface area contributed by atoms with Crippen LogP contribution in [-0.4, -0.2) is 9.78 Å². The van der Waals surface area contributed by atoms with Gasteiger partial charge in [-0.05, 0) is 47.0 Å². The second-order valence-corrected chi connectivity index (χ2v) is 6.28. The van der Waals surface area contributed by atoms with E-state index < -0.39 is 0 Å². The number of aromatic nitrogens is 2. The van der Waals surface area contributed by atoms with E-state index in [1.54, 1.807) is 0 Å². The van der Waals surface area contributed by atoms with Crippen molar-refractivity contribution in [3.8, 4) is 0 Å². The molecular weight excluding hydrogens is 292 g/mol. The van der Waals surface area contributed by atoms with Gasteiger partial charge in [0.15, 0.2) is 0 Å². The van der Waals surface area contributed by atoms with E-state index >= 15 is 0 Å². The zero-order valence-electron chi connectivity index (χ0n) is 11.2. The maximum atomic E-state index is 5.81. The Kier molecular flexibility index (Phi) is 4.81. The van der Waals surface area contributed by atoms with E-state index in [1.807, 2.05) is 6.20 Å². The molecule has 3 N–H and O–H groups in total. The van der Waals surface area contributed by atoms with Gasteiger partial charge >= 0.3 is 0 Å². The molecule has 1 fully saturated rings. The molecule has 0 aromatic carbocycles. The zero-order chi connectivity index (χ0) is 13.1. The van der Waals surface area contributed by atoms with E-state index in [-0.39, 0.29) is 6.04 Å². The zero-order valence-corrected chi connectivity index (χ0v) is 12.8. The van der Waals surface area contributed by atoms with Crippen molar-refractivity contribution in [3.05, 3.63) is 16.4 Å². The van der Waals surface area contributed by atoms with Crippen LogP contribution in [0, 0.1) is 11.8 Å². The van der Waals surface area contributed by atoms with E-state index in [1.165, 1.54) is 25.0 Å². The van der Waals surface area contributed by atoms with Crippen molar-refractivity contribution in [1.29, 1.82) is 0 Å². The van der Waals surface area contributed by atoms with Gasteiger partial charge in [0.1, 0.15) is 0 Å². The van der Waals surface area contributed by atoms with Crippen molar-refractivity contribution in [2.75, 3.05) is 0 Å². The number of nitrogens with two attached hydrogens (primary N) is 1. The summed E-state index contributed by atoms with van der Waals surface area (Å²) in [5.41, 5.74) is 4.22. The predicted octanol–water partition coefficient (Wildman–Crippen LogP) is 3.00. The average molecular weight is 315 g/mol. The van der Waals surface area contributed by atoms with Crippen LogP contribution in [0.25, 0.3) is 0 Å². The van der Waals surface area contributed by atoms with Crippen molar-refractivity contribution in [3.63, 3.8) is 0 Å². The third-order valence-corrected chi connectivity index (χ3v) is 4.56. The fraction of sp³-hybridized carbons (Fsp3) is 0.769. The number of rotatable bonds is 5. The molecule has 1 aromatic rings. The molecule has 1 aliphatic rings. The first-order chi connectivity index (χ1) is 8.67. The summed E-state index contributed by atoms with van der Waals surface area (Å²) >= 11 is 3.61. The third kappa shape index (κ3) is 2.78. The summed E-state index contributed by atoms with van der Waals surface area (Å²) in [5, 5.41) is 4.44. The summed E-state index contributed by atoms with van der Waals surface area (Å²) in [6.07, 6.45) is 6.77.